The van der Waals surface area contributed by atoms with Crippen LogP contribution in [0.4, 0.5) is 0 Å². The molecule has 0 unspecified atom stereocenters. The Morgan fingerprint density at radius 1 is 1.38 bits per heavy atom. The van der Waals surface area contributed by atoms with Gasteiger partial charge < -0.3 is 9.88 Å². The first-order chi connectivity index (χ1) is 11.7. The van der Waals surface area contributed by atoms with Crippen molar-refractivity contribution < 1.29 is 4.79 Å². The largest absolute Gasteiger partial charge is 0.354 e. The first-order valence-corrected chi connectivity index (χ1v) is 9.23. The lowest BCUT2D eigenvalue weighted by Crippen LogP contribution is -2.50. The molecule has 1 atom stereocenters. The molecule has 1 aromatic carbocycles. The zero-order chi connectivity index (χ0) is 16.9. The molecule has 0 fully saturated rings. The Balaban J connectivity index is 1.53. The molecule has 3 rings (SSSR count). The quantitative estimate of drug-likeness (QED) is 0.634. The number of carbonyl (C=O) groups excluding carboxylic acids is 1. The fourth-order valence-electron chi connectivity index (χ4n) is 3.01. The first-order valence-electron chi connectivity index (χ1n) is 8.24. The maximum absolute atomic E-state index is 12.6. The van der Waals surface area contributed by atoms with Crippen LogP contribution in [0.3, 0.4) is 0 Å². The summed E-state index contributed by atoms with van der Waals surface area (Å²) in [6.07, 6.45) is 2.46. The fourth-order valence-corrected chi connectivity index (χ4v) is 3.75. The topological polar surface area (TPSA) is 63.1 Å². The SMILES string of the molecule is CCN1Cc2ccccc2C[C@H]1C(=O)NCCSc1nncn1C. The van der Waals surface area contributed by atoms with Gasteiger partial charge in [0.2, 0.25) is 5.91 Å². The number of nitrogens with zero attached hydrogens (tertiary/aromatic N) is 4. The molecule has 0 bridgehead atoms. The van der Waals surface area contributed by atoms with E-state index in [0.29, 0.717) is 6.54 Å². The van der Waals surface area contributed by atoms with Crippen molar-refractivity contribution in [1.29, 1.82) is 0 Å². The number of aryl methyl sites for hydroxylation is 1. The first kappa shape index (κ1) is 17.0. The van der Waals surface area contributed by atoms with E-state index in [1.165, 1.54) is 11.1 Å². The van der Waals surface area contributed by atoms with Gasteiger partial charge in [-0.1, -0.05) is 43.0 Å². The highest BCUT2D eigenvalue weighted by molar-refractivity contribution is 7.99. The molecular formula is C17H23N5OS. The third-order valence-corrected chi connectivity index (χ3v) is 5.39. The van der Waals surface area contributed by atoms with Gasteiger partial charge in [-0.25, -0.2) is 0 Å². The molecule has 1 aromatic heterocycles. The van der Waals surface area contributed by atoms with Crippen molar-refractivity contribution in [3.8, 4) is 0 Å². The molecule has 0 radical (unpaired) electrons. The lowest BCUT2D eigenvalue weighted by Gasteiger charge is -2.35. The molecule has 0 saturated heterocycles. The van der Waals surface area contributed by atoms with Gasteiger partial charge in [0.15, 0.2) is 5.16 Å². The minimum absolute atomic E-state index is 0.0790. The molecule has 128 valence electrons. The lowest BCUT2D eigenvalue weighted by molar-refractivity contribution is -0.126. The number of thioether (sulfide) groups is 1. The Hall–Kier alpha value is -1.86. The molecule has 2 heterocycles. The highest BCUT2D eigenvalue weighted by atomic mass is 32.2. The van der Waals surface area contributed by atoms with E-state index in [4.69, 9.17) is 0 Å². The summed E-state index contributed by atoms with van der Waals surface area (Å²) in [5.41, 5.74) is 2.62. The van der Waals surface area contributed by atoms with Crippen LogP contribution in [0.2, 0.25) is 0 Å². The fraction of sp³-hybridized carbons (Fsp3) is 0.471. The summed E-state index contributed by atoms with van der Waals surface area (Å²) in [7, 11) is 1.92. The Kier molecular flexibility index (Phi) is 5.52. The summed E-state index contributed by atoms with van der Waals surface area (Å²) in [6, 6.07) is 8.32. The van der Waals surface area contributed by atoms with E-state index < -0.39 is 0 Å². The summed E-state index contributed by atoms with van der Waals surface area (Å²) in [4.78, 5) is 14.9. The van der Waals surface area contributed by atoms with Crippen LogP contribution in [0, 0.1) is 0 Å². The third-order valence-electron chi connectivity index (χ3n) is 4.36. The number of aromatic nitrogens is 3. The molecule has 1 aliphatic rings. The second-order valence-corrected chi connectivity index (χ2v) is 6.98. The lowest BCUT2D eigenvalue weighted by atomic mass is 9.93. The Morgan fingerprint density at radius 3 is 2.88 bits per heavy atom. The number of hydrogen-bond donors (Lipinski definition) is 1. The highest BCUT2D eigenvalue weighted by Gasteiger charge is 2.30. The van der Waals surface area contributed by atoms with Crippen molar-refractivity contribution in [3.63, 3.8) is 0 Å². The number of fused-ring (bicyclic) bond motifs is 1. The highest BCUT2D eigenvalue weighted by Crippen LogP contribution is 2.23. The van der Waals surface area contributed by atoms with Crippen LogP contribution in [-0.2, 0) is 24.8 Å². The molecule has 0 saturated carbocycles. The molecule has 0 aliphatic carbocycles. The predicted molar refractivity (Wildman–Crippen MR) is 94.8 cm³/mol. The zero-order valence-corrected chi connectivity index (χ0v) is 14.9. The number of nitrogens with one attached hydrogen (secondary N) is 1. The molecule has 2 aromatic rings. The molecule has 7 heteroatoms. The van der Waals surface area contributed by atoms with Crippen molar-refractivity contribution in [2.75, 3.05) is 18.8 Å². The minimum Gasteiger partial charge on any atom is -0.354 e. The normalized spacial score (nSPS) is 17.5. The van der Waals surface area contributed by atoms with E-state index >= 15 is 0 Å². The Labute approximate surface area is 146 Å². The number of carbonyl (C=O) groups is 1. The molecule has 6 nitrogen and oxygen atoms in total. The Bertz CT molecular complexity index is 702. The third kappa shape index (κ3) is 3.79. The molecular weight excluding hydrogens is 322 g/mol. The summed E-state index contributed by atoms with van der Waals surface area (Å²) in [5, 5.41) is 11.8. The van der Waals surface area contributed by atoms with Gasteiger partial charge in [0.05, 0.1) is 6.04 Å². The van der Waals surface area contributed by atoms with Crippen molar-refractivity contribution >= 4 is 17.7 Å². The van der Waals surface area contributed by atoms with Gasteiger partial charge in [0.1, 0.15) is 6.33 Å². The van der Waals surface area contributed by atoms with Gasteiger partial charge >= 0.3 is 0 Å². The molecule has 1 aliphatic heterocycles. The molecule has 1 amide bonds. The minimum atomic E-state index is -0.0790. The molecule has 24 heavy (non-hydrogen) atoms. The zero-order valence-electron chi connectivity index (χ0n) is 14.1. The van der Waals surface area contributed by atoms with Gasteiger partial charge in [-0.2, -0.15) is 0 Å². The number of amides is 1. The van der Waals surface area contributed by atoms with E-state index in [9.17, 15) is 4.79 Å². The van der Waals surface area contributed by atoms with Gasteiger partial charge in [-0.3, -0.25) is 9.69 Å². The number of likely N-dealkylation sites (N-methyl/N-ethyl adjacent to an activating group) is 1. The van der Waals surface area contributed by atoms with Crippen LogP contribution >= 0.6 is 11.8 Å². The van der Waals surface area contributed by atoms with Crippen molar-refractivity contribution in [1.82, 2.24) is 25.0 Å². The van der Waals surface area contributed by atoms with E-state index in [2.05, 4.69) is 45.5 Å². The van der Waals surface area contributed by atoms with E-state index in [-0.39, 0.29) is 11.9 Å². The number of hydrogen-bond acceptors (Lipinski definition) is 5. The monoisotopic (exact) mass is 345 g/mol. The molecule has 0 spiro atoms. The van der Waals surface area contributed by atoms with Crippen molar-refractivity contribution in [2.45, 2.75) is 31.1 Å². The second kappa shape index (κ2) is 7.81. The number of benzene rings is 1. The summed E-state index contributed by atoms with van der Waals surface area (Å²) >= 11 is 1.60. The number of rotatable bonds is 6. The maximum Gasteiger partial charge on any atom is 0.237 e. The van der Waals surface area contributed by atoms with Crippen molar-refractivity contribution in [3.05, 3.63) is 41.7 Å². The second-order valence-electron chi connectivity index (χ2n) is 5.92. The smallest absolute Gasteiger partial charge is 0.237 e. The van der Waals surface area contributed by atoms with Gasteiger partial charge in [-0.05, 0) is 24.1 Å². The van der Waals surface area contributed by atoms with Gasteiger partial charge in [0.25, 0.3) is 0 Å². The van der Waals surface area contributed by atoms with Gasteiger partial charge in [0, 0.05) is 25.9 Å². The van der Waals surface area contributed by atoms with Crippen LogP contribution < -0.4 is 5.32 Å². The average molecular weight is 345 g/mol. The van der Waals surface area contributed by atoms with E-state index in [1.54, 1.807) is 18.1 Å². The maximum atomic E-state index is 12.6. The summed E-state index contributed by atoms with van der Waals surface area (Å²) < 4.78 is 1.88. The summed E-state index contributed by atoms with van der Waals surface area (Å²) in [5.74, 6) is 0.901. The van der Waals surface area contributed by atoms with Crippen LogP contribution in [0.1, 0.15) is 18.1 Å². The summed E-state index contributed by atoms with van der Waals surface area (Å²) in [6.45, 7) is 4.46. The Morgan fingerprint density at radius 2 is 2.17 bits per heavy atom. The average Bonchev–Trinajstić information content (AvgIpc) is 3.02. The van der Waals surface area contributed by atoms with Crippen molar-refractivity contribution in [2.24, 2.45) is 7.05 Å². The van der Waals surface area contributed by atoms with Crippen LogP contribution in [0.25, 0.3) is 0 Å². The van der Waals surface area contributed by atoms with Gasteiger partial charge in [-0.15, -0.1) is 10.2 Å². The van der Waals surface area contributed by atoms with Crippen LogP contribution in [0.5, 0.6) is 0 Å². The van der Waals surface area contributed by atoms with E-state index in [1.807, 2.05) is 17.7 Å². The molecule has 1 N–H and O–H groups in total. The predicted octanol–water partition coefficient (Wildman–Crippen LogP) is 1.47. The van der Waals surface area contributed by atoms with E-state index in [0.717, 1.165) is 30.4 Å². The van der Waals surface area contributed by atoms with Crippen LogP contribution in [-0.4, -0.2) is 50.5 Å². The standard InChI is InChI=1S/C17H23N5OS/c1-3-22-11-14-7-5-4-6-13(14)10-15(22)16(23)18-8-9-24-17-20-19-12-21(17)2/h4-7,12,15H,3,8-11H2,1-2H3,(H,18,23)/t15-/m0/s1. The van der Waals surface area contributed by atoms with Crippen LogP contribution in [0.15, 0.2) is 35.7 Å².